The lowest BCUT2D eigenvalue weighted by molar-refractivity contribution is -0.137. The Morgan fingerprint density at radius 3 is 2.12 bits per heavy atom. The summed E-state index contributed by atoms with van der Waals surface area (Å²) in [5.41, 5.74) is -0.559. The van der Waals surface area contributed by atoms with Crippen LogP contribution in [-0.4, -0.2) is 53.7 Å². The molecule has 32 heavy (non-hydrogen) atoms. The minimum absolute atomic E-state index is 0.0642. The zero-order valence-corrected chi connectivity index (χ0v) is 19.9. The fourth-order valence-electron chi connectivity index (χ4n) is 2.69. The minimum atomic E-state index is -1.17. The number of rotatable bonds is 8. The second kappa shape index (κ2) is 11.5. The largest absolute Gasteiger partial charge is 0.481 e. The van der Waals surface area contributed by atoms with Gasteiger partial charge in [0.15, 0.2) is 0 Å². The van der Waals surface area contributed by atoms with Gasteiger partial charge in [-0.2, -0.15) is 0 Å². The molecular weight excluding hydrogens is 414 g/mol. The first-order valence-corrected chi connectivity index (χ1v) is 10.4. The Balaban J connectivity index is 3.36. The number of carbonyl (C=O) groups excluding carboxylic acids is 2. The van der Waals surface area contributed by atoms with Crippen LogP contribution in [-0.2, 0) is 25.7 Å². The molecule has 0 saturated heterocycles. The highest BCUT2D eigenvalue weighted by atomic mass is 16.6. The Morgan fingerprint density at radius 1 is 1.06 bits per heavy atom. The van der Waals surface area contributed by atoms with Gasteiger partial charge in [0.2, 0.25) is 11.8 Å². The van der Waals surface area contributed by atoms with Gasteiger partial charge in [-0.3, -0.25) is 9.59 Å². The van der Waals surface area contributed by atoms with Crippen LogP contribution in [0.3, 0.4) is 0 Å². The number of benzene rings is 1. The number of hydrogen-bond acceptors (Lipinski definition) is 6. The fraction of sp³-hybridized carbons (Fsp3) is 0.565. The van der Waals surface area contributed by atoms with E-state index >= 15 is 0 Å². The van der Waals surface area contributed by atoms with E-state index in [4.69, 9.17) is 9.47 Å². The molecule has 0 aliphatic carbocycles. The van der Waals surface area contributed by atoms with Crippen molar-refractivity contribution in [1.29, 1.82) is 0 Å². The molecular formula is C23H35N3O6. The van der Waals surface area contributed by atoms with Gasteiger partial charge in [0.05, 0.1) is 6.42 Å². The first kappa shape index (κ1) is 26.9. The summed E-state index contributed by atoms with van der Waals surface area (Å²) in [6, 6.07) is 7.19. The van der Waals surface area contributed by atoms with Gasteiger partial charge in [-0.15, -0.1) is 0 Å². The zero-order chi connectivity index (χ0) is 24.5. The van der Waals surface area contributed by atoms with Crippen LogP contribution < -0.4 is 10.6 Å². The number of nitrogens with one attached hydrogen (secondary N) is 2. The lowest BCUT2D eigenvalue weighted by Gasteiger charge is -2.29. The summed E-state index contributed by atoms with van der Waals surface area (Å²) in [5, 5.41) is 14.5. The molecule has 0 saturated carbocycles. The summed E-state index contributed by atoms with van der Waals surface area (Å²) in [6.07, 6.45) is -1.32. The number of likely N-dealkylation sites (N-methyl/N-ethyl adjacent to an activating group) is 1. The number of aliphatic carboxylic acids is 1. The number of alkyl carbamates (subject to hydrolysis) is 1. The maximum absolute atomic E-state index is 12.5. The van der Waals surface area contributed by atoms with Crippen LogP contribution >= 0.6 is 0 Å². The van der Waals surface area contributed by atoms with E-state index in [9.17, 15) is 19.5 Å². The van der Waals surface area contributed by atoms with Crippen molar-refractivity contribution in [2.45, 2.75) is 72.3 Å². The molecule has 3 N–H and O–H groups in total. The van der Waals surface area contributed by atoms with Crippen molar-refractivity contribution in [2.75, 3.05) is 7.05 Å². The van der Waals surface area contributed by atoms with Gasteiger partial charge in [0.1, 0.15) is 24.3 Å². The Morgan fingerprint density at radius 2 is 1.66 bits per heavy atom. The highest BCUT2D eigenvalue weighted by Crippen LogP contribution is 2.24. The van der Waals surface area contributed by atoms with E-state index in [1.165, 1.54) is 7.05 Å². The summed E-state index contributed by atoms with van der Waals surface area (Å²) in [7, 11) is 1.49. The van der Waals surface area contributed by atoms with Gasteiger partial charge in [-0.1, -0.05) is 51.1 Å². The van der Waals surface area contributed by atoms with Crippen LogP contribution in [0.5, 0.6) is 0 Å². The molecule has 1 aromatic carbocycles. The number of ether oxygens (including phenoxy) is 2. The number of nitrogens with zero attached hydrogens (tertiary/aromatic N) is 1. The Bertz CT molecular complexity index is 809. The predicted octanol–water partition coefficient (Wildman–Crippen LogP) is 3.13. The van der Waals surface area contributed by atoms with Gasteiger partial charge in [-0.05, 0) is 31.7 Å². The maximum Gasteiger partial charge on any atom is 0.408 e. The Kier molecular flexibility index (Phi) is 9.68. The molecule has 0 radical (unpaired) electrons. The van der Waals surface area contributed by atoms with E-state index in [1.54, 1.807) is 20.8 Å². The van der Waals surface area contributed by atoms with Crippen molar-refractivity contribution in [3.05, 3.63) is 35.9 Å². The van der Waals surface area contributed by atoms with E-state index in [0.29, 0.717) is 0 Å². The number of carboxylic acids is 1. The third-order valence-electron chi connectivity index (χ3n) is 4.17. The molecule has 0 fully saturated rings. The molecule has 0 heterocycles. The minimum Gasteiger partial charge on any atom is -0.481 e. The van der Waals surface area contributed by atoms with E-state index in [0.717, 1.165) is 5.56 Å². The highest BCUT2D eigenvalue weighted by molar-refractivity contribution is 5.92. The summed E-state index contributed by atoms with van der Waals surface area (Å²) < 4.78 is 11.1. The van der Waals surface area contributed by atoms with Crippen molar-refractivity contribution in [3.63, 3.8) is 0 Å². The predicted molar refractivity (Wildman–Crippen MR) is 121 cm³/mol. The third kappa shape index (κ3) is 9.80. The van der Waals surface area contributed by atoms with Crippen molar-refractivity contribution in [3.8, 4) is 0 Å². The molecule has 1 aromatic rings. The van der Waals surface area contributed by atoms with Crippen LogP contribution in [0, 0.1) is 5.41 Å². The van der Waals surface area contributed by atoms with E-state index in [1.807, 2.05) is 51.1 Å². The summed E-state index contributed by atoms with van der Waals surface area (Å²) in [4.78, 5) is 40.9. The van der Waals surface area contributed by atoms with E-state index in [2.05, 4.69) is 15.6 Å². The van der Waals surface area contributed by atoms with Crippen molar-refractivity contribution >= 4 is 23.9 Å². The van der Waals surface area contributed by atoms with Gasteiger partial charge in [-0.25, -0.2) is 9.79 Å². The third-order valence-corrected chi connectivity index (χ3v) is 4.17. The fourth-order valence-corrected chi connectivity index (χ4v) is 2.69. The van der Waals surface area contributed by atoms with Gasteiger partial charge in [0.25, 0.3) is 0 Å². The van der Waals surface area contributed by atoms with E-state index in [-0.39, 0.29) is 18.4 Å². The van der Waals surface area contributed by atoms with Crippen LogP contribution in [0.2, 0.25) is 0 Å². The molecule has 1 rings (SSSR count). The van der Waals surface area contributed by atoms with Crippen LogP contribution in [0.15, 0.2) is 35.3 Å². The average Bonchev–Trinajstić information content (AvgIpc) is 2.65. The second-order valence-corrected chi connectivity index (χ2v) is 9.42. The molecule has 0 aliphatic heterocycles. The summed E-state index contributed by atoms with van der Waals surface area (Å²) >= 11 is 0. The Hall–Kier alpha value is -3.10. The highest BCUT2D eigenvalue weighted by Gasteiger charge is 2.34. The van der Waals surface area contributed by atoms with Crippen LogP contribution in [0.4, 0.5) is 4.79 Å². The van der Waals surface area contributed by atoms with Gasteiger partial charge in [0, 0.05) is 7.05 Å². The lowest BCUT2D eigenvalue weighted by Crippen LogP contribution is -2.47. The van der Waals surface area contributed by atoms with Crippen LogP contribution in [0.1, 0.15) is 53.5 Å². The smallest absolute Gasteiger partial charge is 0.408 e. The molecule has 9 nitrogen and oxygen atoms in total. The summed E-state index contributed by atoms with van der Waals surface area (Å²) in [6.45, 7) is 10.7. The average molecular weight is 450 g/mol. The monoisotopic (exact) mass is 449 g/mol. The first-order valence-electron chi connectivity index (χ1n) is 10.4. The topological polar surface area (TPSA) is 126 Å². The van der Waals surface area contributed by atoms with Crippen molar-refractivity contribution in [1.82, 2.24) is 10.6 Å². The quantitative estimate of drug-likeness (QED) is 0.413. The molecule has 0 aliphatic rings. The normalized spacial score (nSPS) is 14.2. The Labute approximate surface area is 189 Å². The standard InChI is InChI=1S/C23H35N3O6/c1-22(2,3)18(19(29)24-7)26-20(31-14-15-11-9-8-10-12-15)16(13-17(27)28)25-21(30)32-23(4,5)6/h8-12,16,18H,13-14H2,1-7H3,(H,24,29)(H,25,30)(H,27,28)/t16-,18-/m1/s1. The molecule has 178 valence electrons. The number of hydrogen-bond donors (Lipinski definition) is 3. The first-order chi connectivity index (χ1) is 14.7. The molecule has 0 aromatic heterocycles. The van der Waals surface area contributed by atoms with Crippen molar-refractivity contribution < 1.29 is 29.0 Å². The molecule has 0 unspecified atom stereocenters. The molecule has 2 atom stereocenters. The molecule has 2 amide bonds. The van der Waals surface area contributed by atoms with Crippen molar-refractivity contribution in [2.24, 2.45) is 10.4 Å². The number of aliphatic imine (C=N–C) groups is 1. The summed E-state index contributed by atoms with van der Waals surface area (Å²) in [5.74, 6) is -1.59. The van der Waals surface area contributed by atoms with E-state index < -0.39 is 41.6 Å². The SMILES string of the molecule is CNC(=O)[C@@H](N=C(OCc1ccccc1)[C@@H](CC(=O)O)NC(=O)OC(C)(C)C)C(C)(C)C. The zero-order valence-electron chi connectivity index (χ0n) is 19.9. The number of carbonyl (C=O) groups is 3. The molecule has 9 heteroatoms. The van der Waals surface area contributed by atoms with Gasteiger partial charge >= 0.3 is 12.1 Å². The van der Waals surface area contributed by atoms with Gasteiger partial charge < -0.3 is 25.2 Å². The number of amides is 2. The second-order valence-electron chi connectivity index (χ2n) is 9.42. The molecule has 0 spiro atoms. The number of carboxylic acid groups (broad SMARTS) is 1. The van der Waals surface area contributed by atoms with Crippen LogP contribution in [0.25, 0.3) is 0 Å². The molecule has 0 bridgehead atoms. The lowest BCUT2D eigenvalue weighted by atomic mass is 9.86. The maximum atomic E-state index is 12.5.